The van der Waals surface area contributed by atoms with Crippen molar-refractivity contribution < 1.29 is 14.3 Å². The van der Waals surface area contributed by atoms with Crippen molar-refractivity contribution in [3.63, 3.8) is 0 Å². The molecule has 0 spiro atoms. The monoisotopic (exact) mass is 447 g/mol. The van der Waals surface area contributed by atoms with Crippen LogP contribution in [0.25, 0.3) is 5.57 Å². The van der Waals surface area contributed by atoms with Crippen LogP contribution in [0.2, 0.25) is 0 Å². The zero-order valence-electron chi connectivity index (χ0n) is 19.8. The number of rotatable bonds is 8. The van der Waals surface area contributed by atoms with Gasteiger partial charge in [-0.1, -0.05) is 56.3 Å². The van der Waals surface area contributed by atoms with Crippen LogP contribution in [0, 0.1) is 5.92 Å². The highest BCUT2D eigenvalue weighted by atomic mass is 16.5. The van der Waals surface area contributed by atoms with Crippen LogP contribution in [0.4, 0.5) is 0 Å². The highest BCUT2D eigenvalue weighted by Gasteiger charge is 2.41. The van der Waals surface area contributed by atoms with Crippen LogP contribution in [0.15, 0.2) is 60.3 Å². The molecule has 2 aromatic carbocycles. The van der Waals surface area contributed by atoms with Crippen molar-refractivity contribution in [2.45, 2.75) is 27.3 Å². The number of carbonyl (C=O) groups is 2. The van der Waals surface area contributed by atoms with Gasteiger partial charge in [-0.2, -0.15) is 0 Å². The molecule has 33 heavy (non-hydrogen) atoms. The van der Waals surface area contributed by atoms with E-state index in [0.717, 1.165) is 44.0 Å². The van der Waals surface area contributed by atoms with E-state index in [1.165, 1.54) is 10.5 Å². The molecule has 0 unspecified atom stereocenters. The van der Waals surface area contributed by atoms with Gasteiger partial charge in [0.05, 0.1) is 12.2 Å². The first kappa shape index (κ1) is 23.1. The molecule has 0 bridgehead atoms. The number of hydrogen-bond donors (Lipinski definition) is 0. The molecule has 2 aliphatic heterocycles. The first-order valence-electron chi connectivity index (χ1n) is 11.8. The van der Waals surface area contributed by atoms with Crippen molar-refractivity contribution in [3.8, 4) is 5.75 Å². The molecule has 2 aliphatic rings. The largest absolute Gasteiger partial charge is 0.493 e. The maximum atomic E-state index is 13.2. The summed E-state index contributed by atoms with van der Waals surface area (Å²) in [6.07, 6.45) is 0. The van der Waals surface area contributed by atoms with Gasteiger partial charge in [0, 0.05) is 39.3 Å². The van der Waals surface area contributed by atoms with Gasteiger partial charge in [-0.05, 0) is 36.1 Å². The Morgan fingerprint density at radius 3 is 2.15 bits per heavy atom. The third-order valence-electron chi connectivity index (χ3n) is 6.12. The lowest BCUT2D eigenvalue weighted by Crippen LogP contribution is -2.47. The number of nitrogens with zero attached hydrogens (tertiary/aromatic N) is 3. The minimum absolute atomic E-state index is 0.186. The van der Waals surface area contributed by atoms with E-state index in [1.54, 1.807) is 0 Å². The molecule has 6 nitrogen and oxygen atoms in total. The molecule has 174 valence electrons. The quantitative estimate of drug-likeness (QED) is 0.579. The first-order valence-corrected chi connectivity index (χ1v) is 11.8. The second-order valence-corrected chi connectivity index (χ2v) is 9.06. The molecule has 0 N–H and O–H groups in total. The molecule has 0 atom stereocenters. The fraction of sp³-hybridized carbons (Fsp3) is 0.407. The van der Waals surface area contributed by atoms with Crippen molar-refractivity contribution >= 4 is 17.4 Å². The summed E-state index contributed by atoms with van der Waals surface area (Å²) in [6, 6.07) is 18.0. The number of imide groups is 1. The number of amides is 2. The van der Waals surface area contributed by atoms with Gasteiger partial charge in [0.1, 0.15) is 11.4 Å². The van der Waals surface area contributed by atoms with E-state index in [-0.39, 0.29) is 11.8 Å². The van der Waals surface area contributed by atoms with Gasteiger partial charge in [0.2, 0.25) is 0 Å². The van der Waals surface area contributed by atoms with Gasteiger partial charge in [0.15, 0.2) is 0 Å². The summed E-state index contributed by atoms with van der Waals surface area (Å²) in [6.45, 7) is 11.1. The average Bonchev–Trinajstić information content (AvgIpc) is 3.08. The molecule has 6 heteroatoms. The van der Waals surface area contributed by atoms with Crippen molar-refractivity contribution in [2.75, 3.05) is 39.3 Å². The Bertz CT molecular complexity index is 1010. The van der Waals surface area contributed by atoms with E-state index in [9.17, 15) is 9.59 Å². The molecular formula is C27H33N3O3. The van der Waals surface area contributed by atoms with E-state index in [2.05, 4.69) is 47.9 Å². The Labute approximate surface area is 196 Å². The van der Waals surface area contributed by atoms with E-state index in [0.29, 0.717) is 30.3 Å². The van der Waals surface area contributed by atoms with Crippen LogP contribution < -0.4 is 4.74 Å². The molecule has 0 aromatic heterocycles. The molecule has 1 fully saturated rings. The highest BCUT2D eigenvalue weighted by molar-refractivity contribution is 6.35. The van der Waals surface area contributed by atoms with Crippen LogP contribution in [0.1, 0.15) is 31.9 Å². The van der Waals surface area contributed by atoms with E-state index in [1.807, 2.05) is 37.3 Å². The highest BCUT2D eigenvalue weighted by Crippen LogP contribution is 2.33. The maximum Gasteiger partial charge on any atom is 0.277 e. The molecule has 0 saturated carbocycles. The number of likely N-dealkylation sites (N-methyl/N-ethyl adjacent to an activating group) is 1. The zero-order chi connectivity index (χ0) is 23.4. The third-order valence-corrected chi connectivity index (χ3v) is 6.12. The maximum absolute atomic E-state index is 13.2. The molecule has 4 rings (SSSR count). The number of hydrogen-bond acceptors (Lipinski definition) is 5. The van der Waals surface area contributed by atoms with Gasteiger partial charge in [-0.3, -0.25) is 19.4 Å². The minimum Gasteiger partial charge on any atom is -0.493 e. The van der Waals surface area contributed by atoms with Gasteiger partial charge in [-0.15, -0.1) is 0 Å². The summed E-state index contributed by atoms with van der Waals surface area (Å²) in [5.74, 6) is 0.814. The summed E-state index contributed by atoms with van der Waals surface area (Å²) in [7, 11) is 0. The third kappa shape index (κ3) is 5.11. The number of piperazine rings is 1. The number of ether oxygens (including phenoxy) is 1. The second-order valence-electron chi connectivity index (χ2n) is 9.06. The lowest BCUT2D eigenvalue weighted by molar-refractivity contribution is -0.137. The van der Waals surface area contributed by atoms with Crippen molar-refractivity contribution in [1.82, 2.24) is 14.7 Å². The smallest absolute Gasteiger partial charge is 0.277 e. The van der Waals surface area contributed by atoms with Crippen LogP contribution in [0.3, 0.4) is 0 Å². The van der Waals surface area contributed by atoms with Gasteiger partial charge >= 0.3 is 0 Å². The van der Waals surface area contributed by atoms with Gasteiger partial charge in [-0.25, -0.2) is 0 Å². The lowest BCUT2D eigenvalue weighted by Gasteiger charge is -2.36. The topological polar surface area (TPSA) is 53.1 Å². The second kappa shape index (κ2) is 10.2. The SMILES string of the molecule is CCN1C(=O)C(c2ccc(OCC(C)C)cc2)=C(N2CCN(Cc3ccccc3)CC2)C1=O. The van der Waals surface area contributed by atoms with Crippen LogP contribution in [-0.2, 0) is 16.1 Å². The number of carbonyl (C=O) groups excluding carboxylic acids is 2. The summed E-state index contributed by atoms with van der Waals surface area (Å²) in [5.41, 5.74) is 3.10. The lowest BCUT2D eigenvalue weighted by atomic mass is 10.0. The summed E-state index contributed by atoms with van der Waals surface area (Å²) in [5, 5.41) is 0. The molecule has 2 aromatic rings. The summed E-state index contributed by atoms with van der Waals surface area (Å²) in [4.78, 5) is 32.2. The summed E-state index contributed by atoms with van der Waals surface area (Å²) < 4.78 is 5.78. The average molecular weight is 448 g/mol. The van der Waals surface area contributed by atoms with Crippen molar-refractivity contribution in [2.24, 2.45) is 5.92 Å². The van der Waals surface area contributed by atoms with Crippen LogP contribution >= 0.6 is 0 Å². The van der Waals surface area contributed by atoms with Crippen molar-refractivity contribution in [1.29, 1.82) is 0 Å². The van der Waals surface area contributed by atoms with Crippen LogP contribution in [-0.4, -0.2) is 65.8 Å². The predicted molar refractivity (Wildman–Crippen MR) is 129 cm³/mol. The van der Waals surface area contributed by atoms with E-state index < -0.39 is 0 Å². The molecule has 0 aliphatic carbocycles. The Morgan fingerprint density at radius 1 is 0.879 bits per heavy atom. The minimum atomic E-state index is -0.208. The fourth-order valence-electron chi connectivity index (χ4n) is 4.36. The van der Waals surface area contributed by atoms with Crippen molar-refractivity contribution in [3.05, 3.63) is 71.4 Å². The van der Waals surface area contributed by atoms with E-state index in [4.69, 9.17) is 4.74 Å². The molecule has 1 saturated heterocycles. The molecular weight excluding hydrogens is 414 g/mol. The van der Waals surface area contributed by atoms with E-state index >= 15 is 0 Å². The predicted octanol–water partition coefficient (Wildman–Crippen LogP) is 3.64. The Morgan fingerprint density at radius 2 is 1.55 bits per heavy atom. The molecule has 2 heterocycles. The van der Waals surface area contributed by atoms with Gasteiger partial charge < -0.3 is 9.64 Å². The molecule has 0 radical (unpaired) electrons. The Kier molecular flexibility index (Phi) is 7.14. The zero-order valence-corrected chi connectivity index (χ0v) is 19.8. The van der Waals surface area contributed by atoms with Gasteiger partial charge in [0.25, 0.3) is 11.8 Å². The molecule has 2 amide bonds. The Balaban J connectivity index is 1.53. The number of benzene rings is 2. The normalized spacial score (nSPS) is 17.5. The standard InChI is InChI=1S/C27H33N3O3/c1-4-30-26(31)24(22-10-12-23(13-11-22)33-19-20(2)3)25(27(30)32)29-16-14-28(15-17-29)18-21-8-6-5-7-9-21/h5-13,20H,4,14-19H2,1-3H3. The fourth-order valence-corrected chi connectivity index (χ4v) is 4.36. The summed E-state index contributed by atoms with van der Waals surface area (Å²) >= 11 is 0. The van der Waals surface area contributed by atoms with Crippen LogP contribution in [0.5, 0.6) is 5.75 Å². The Hall–Kier alpha value is -3.12. The first-order chi connectivity index (χ1) is 16.0.